The normalized spacial score (nSPS) is 14.5. The van der Waals surface area contributed by atoms with Crippen molar-refractivity contribution < 1.29 is 4.39 Å². The molecule has 2 aromatic carbocycles. The second-order valence-corrected chi connectivity index (χ2v) is 6.36. The van der Waals surface area contributed by atoms with Gasteiger partial charge in [0.25, 0.3) is 0 Å². The van der Waals surface area contributed by atoms with Crippen molar-refractivity contribution in [3.63, 3.8) is 0 Å². The number of nitrogens with one attached hydrogen (secondary N) is 1. The first kappa shape index (κ1) is 14.8. The molecule has 1 nitrogen and oxygen atoms in total. The summed E-state index contributed by atoms with van der Waals surface area (Å²) in [5, 5.41) is 4.55. The first-order chi connectivity index (χ1) is 10.0. The van der Waals surface area contributed by atoms with Crippen LogP contribution in [0.2, 0.25) is 10.0 Å². The Labute approximate surface area is 134 Å². The number of rotatable bonds is 4. The van der Waals surface area contributed by atoms with E-state index in [1.807, 2.05) is 18.2 Å². The topological polar surface area (TPSA) is 12.0 Å². The van der Waals surface area contributed by atoms with Crippen LogP contribution < -0.4 is 5.32 Å². The van der Waals surface area contributed by atoms with Crippen LogP contribution in [0.5, 0.6) is 0 Å². The molecule has 0 aliphatic heterocycles. The second-order valence-electron chi connectivity index (χ2n) is 5.54. The van der Waals surface area contributed by atoms with E-state index < -0.39 is 0 Å². The van der Waals surface area contributed by atoms with Gasteiger partial charge in [-0.15, -0.1) is 0 Å². The zero-order valence-electron chi connectivity index (χ0n) is 11.7. The predicted molar refractivity (Wildman–Crippen MR) is 86.5 cm³/mol. The van der Waals surface area contributed by atoms with Crippen molar-refractivity contribution in [2.24, 2.45) is 0 Å². The Hall–Kier alpha value is -1.09. The van der Waals surface area contributed by atoms with Crippen LogP contribution in [0.4, 0.5) is 4.39 Å². The third kappa shape index (κ3) is 3.39. The lowest BCUT2D eigenvalue weighted by molar-refractivity contribution is 0.619. The van der Waals surface area contributed by atoms with Gasteiger partial charge in [0.15, 0.2) is 0 Å². The van der Waals surface area contributed by atoms with Crippen LogP contribution in [-0.2, 0) is 6.54 Å². The third-order valence-corrected chi connectivity index (χ3v) is 4.44. The number of benzene rings is 2. The van der Waals surface area contributed by atoms with Gasteiger partial charge in [-0.2, -0.15) is 0 Å². The van der Waals surface area contributed by atoms with E-state index in [0.29, 0.717) is 21.7 Å². The van der Waals surface area contributed by atoms with Crippen molar-refractivity contribution in [2.75, 3.05) is 0 Å². The van der Waals surface area contributed by atoms with Crippen molar-refractivity contribution in [1.29, 1.82) is 0 Å². The van der Waals surface area contributed by atoms with E-state index in [-0.39, 0.29) is 5.82 Å². The van der Waals surface area contributed by atoms with Crippen molar-refractivity contribution in [3.8, 4) is 11.1 Å². The average Bonchev–Trinajstić information content (AvgIpc) is 3.25. The summed E-state index contributed by atoms with van der Waals surface area (Å²) in [4.78, 5) is 0. The molecule has 1 aliphatic rings. The van der Waals surface area contributed by atoms with Gasteiger partial charge in [-0.05, 0) is 54.7 Å². The van der Waals surface area contributed by atoms with Crippen LogP contribution in [-0.4, -0.2) is 6.04 Å². The summed E-state index contributed by atoms with van der Waals surface area (Å²) in [7, 11) is 0. The molecule has 1 saturated carbocycles. The van der Waals surface area contributed by atoms with E-state index in [9.17, 15) is 4.39 Å². The van der Waals surface area contributed by atoms with Gasteiger partial charge in [0.05, 0.1) is 5.02 Å². The van der Waals surface area contributed by atoms with E-state index in [4.69, 9.17) is 23.2 Å². The Kier molecular flexibility index (Phi) is 4.21. The second kappa shape index (κ2) is 5.96. The summed E-state index contributed by atoms with van der Waals surface area (Å²) in [6.07, 6.45) is 2.50. The zero-order chi connectivity index (χ0) is 15.0. The lowest BCUT2D eigenvalue weighted by Gasteiger charge is -2.11. The summed E-state index contributed by atoms with van der Waals surface area (Å²) >= 11 is 12.5. The van der Waals surface area contributed by atoms with Gasteiger partial charge in [-0.1, -0.05) is 35.3 Å². The molecule has 0 radical (unpaired) electrons. The molecule has 0 amide bonds. The Morgan fingerprint density at radius 1 is 1.14 bits per heavy atom. The van der Waals surface area contributed by atoms with E-state index in [2.05, 4.69) is 5.32 Å². The highest BCUT2D eigenvalue weighted by atomic mass is 35.5. The lowest BCUT2D eigenvalue weighted by Crippen LogP contribution is -2.15. The van der Waals surface area contributed by atoms with Crippen molar-refractivity contribution in [1.82, 2.24) is 5.32 Å². The van der Waals surface area contributed by atoms with Crippen LogP contribution in [0.3, 0.4) is 0 Å². The fourth-order valence-electron chi connectivity index (χ4n) is 2.28. The SMILES string of the molecule is Cc1cc(-c2ccc(CNC3CC3)c(Cl)c2)c(Cl)cc1F. The van der Waals surface area contributed by atoms with E-state index in [1.54, 1.807) is 13.0 Å². The number of hydrogen-bond acceptors (Lipinski definition) is 1. The summed E-state index contributed by atoms with van der Waals surface area (Å²) < 4.78 is 13.5. The Morgan fingerprint density at radius 3 is 2.57 bits per heavy atom. The smallest absolute Gasteiger partial charge is 0.127 e. The highest BCUT2D eigenvalue weighted by molar-refractivity contribution is 6.34. The van der Waals surface area contributed by atoms with E-state index >= 15 is 0 Å². The van der Waals surface area contributed by atoms with Crippen LogP contribution in [0.15, 0.2) is 30.3 Å². The van der Waals surface area contributed by atoms with E-state index in [1.165, 1.54) is 18.9 Å². The maximum absolute atomic E-state index is 13.5. The maximum Gasteiger partial charge on any atom is 0.127 e. The van der Waals surface area contributed by atoms with Gasteiger partial charge in [-0.25, -0.2) is 4.39 Å². The molecule has 0 spiro atoms. The molecule has 0 atom stereocenters. The van der Waals surface area contributed by atoms with Gasteiger partial charge < -0.3 is 5.32 Å². The predicted octanol–water partition coefficient (Wildman–Crippen LogP) is 5.36. The molecule has 0 unspecified atom stereocenters. The highest BCUT2D eigenvalue weighted by Gasteiger charge is 2.20. The molecule has 0 saturated heterocycles. The molecule has 4 heteroatoms. The number of halogens is 3. The summed E-state index contributed by atoms with van der Waals surface area (Å²) in [5.41, 5.74) is 3.36. The molecule has 0 aromatic heterocycles. The van der Waals surface area contributed by atoms with Gasteiger partial charge >= 0.3 is 0 Å². The van der Waals surface area contributed by atoms with Crippen molar-refractivity contribution >= 4 is 23.2 Å². The molecule has 1 fully saturated rings. The Bertz CT molecular complexity index is 681. The molecule has 3 rings (SSSR count). The molecule has 110 valence electrons. The minimum absolute atomic E-state index is 0.292. The average molecular weight is 324 g/mol. The van der Waals surface area contributed by atoms with Crippen molar-refractivity contribution in [2.45, 2.75) is 32.4 Å². The van der Waals surface area contributed by atoms with Crippen LogP contribution in [0.1, 0.15) is 24.0 Å². The zero-order valence-corrected chi connectivity index (χ0v) is 13.2. The Morgan fingerprint density at radius 2 is 1.90 bits per heavy atom. The first-order valence-electron chi connectivity index (χ1n) is 7.02. The van der Waals surface area contributed by atoms with E-state index in [0.717, 1.165) is 23.2 Å². The minimum Gasteiger partial charge on any atom is -0.310 e. The molecule has 1 N–H and O–H groups in total. The van der Waals surface area contributed by atoms with Crippen LogP contribution in [0.25, 0.3) is 11.1 Å². The standard InChI is InChI=1S/C17H16Cl2FN/c1-10-6-14(16(19)8-17(10)20)11-2-3-12(15(18)7-11)9-21-13-4-5-13/h2-3,6-8,13,21H,4-5,9H2,1H3. The fourth-order valence-corrected chi connectivity index (χ4v) is 2.79. The van der Waals surface area contributed by atoms with Crippen LogP contribution in [0, 0.1) is 12.7 Å². The van der Waals surface area contributed by atoms with Crippen LogP contribution >= 0.6 is 23.2 Å². The largest absolute Gasteiger partial charge is 0.310 e. The molecular formula is C17H16Cl2FN. The third-order valence-electron chi connectivity index (χ3n) is 3.77. The quantitative estimate of drug-likeness (QED) is 0.798. The maximum atomic E-state index is 13.5. The fraction of sp³-hybridized carbons (Fsp3) is 0.294. The van der Waals surface area contributed by atoms with Crippen molar-refractivity contribution in [3.05, 3.63) is 57.3 Å². The Balaban J connectivity index is 1.88. The van der Waals surface area contributed by atoms with Gasteiger partial charge in [0, 0.05) is 23.2 Å². The summed E-state index contributed by atoms with van der Waals surface area (Å²) in [5.74, 6) is -0.292. The monoisotopic (exact) mass is 323 g/mol. The molecule has 1 aliphatic carbocycles. The first-order valence-corrected chi connectivity index (χ1v) is 7.78. The summed E-state index contributed by atoms with van der Waals surface area (Å²) in [6, 6.07) is 9.63. The van der Waals surface area contributed by atoms with Gasteiger partial charge in [0.2, 0.25) is 0 Å². The van der Waals surface area contributed by atoms with Gasteiger partial charge in [-0.3, -0.25) is 0 Å². The summed E-state index contributed by atoms with van der Waals surface area (Å²) in [6.45, 7) is 2.50. The molecular weight excluding hydrogens is 308 g/mol. The lowest BCUT2D eigenvalue weighted by atomic mass is 10.0. The molecule has 0 heterocycles. The molecule has 0 bridgehead atoms. The number of aryl methyl sites for hydroxylation is 1. The molecule has 21 heavy (non-hydrogen) atoms. The minimum atomic E-state index is -0.292. The van der Waals surface area contributed by atoms with Gasteiger partial charge in [0.1, 0.15) is 5.82 Å². The molecule has 2 aromatic rings. The highest BCUT2D eigenvalue weighted by Crippen LogP contribution is 2.33. The number of hydrogen-bond donors (Lipinski definition) is 1.